The molecule has 0 saturated heterocycles. The van der Waals surface area contributed by atoms with Crippen LogP contribution >= 0.6 is 0 Å². The Bertz CT molecular complexity index is 245. The summed E-state index contributed by atoms with van der Waals surface area (Å²) in [6.07, 6.45) is -2.84. The predicted molar refractivity (Wildman–Crippen MR) is 36.3 cm³/mol. The highest BCUT2D eigenvalue weighted by Crippen LogP contribution is 2.23. The quantitative estimate of drug-likeness (QED) is 0.245. The van der Waals surface area contributed by atoms with Gasteiger partial charge in [-0.1, -0.05) is 0 Å². The molecular formula is C6H8O7. The first-order valence-electron chi connectivity index (χ1n) is 3.36. The van der Waals surface area contributed by atoms with E-state index in [4.69, 9.17) is 20.6 Å². The van der Waals surface area contributed by atoms with Crippen molar-refractivity contribution in [3.05, 3.63) is 11.5 Å². The molecule has 1 aliphatic rings. The van der Waals surface area contributed by atoms with Crippen LogP contribution in [0.15, 0.2) is 11.5 Å². The number of aliphatic hydroxyl groups excluding tert-OH is 3. The van der Waals surface area contributed by atoms with Gasteiger partial charge in [-0.15, -0.1) is 0 Å². The van der Waals surface area contributed by atoms with Gasteiger partial charge in [-0.25, -0.2) is 10.1 Å². The molecule has 0 amide bonds. The predicted octanol–water partition coefficient (Wildman–Crippen LogP) is -1.48. The molecule has 0 saturated carbocycles. The second kappa shape index (κ2) is 3.60. The monoisotopic (exact) mass is 192 g/mol. The Morgan fingerprint density at radius 2 is 2.23 bits per heavy atom. The minimum absolute atomic E-state index is 0.694. The van der Waals surface area contributed by atoms with E-state index in [0.29, 0.717) is 0 Å². The van der Waals surface area contributed by atoms with Crippen LogP contribution in [0.5, 0.6) is 0 Å². The lowest BCUT2D eigenvalue weighted by Crippen LogP contribution is -2.31. The average molecular weight is 192 g/mol. The van der Waals surface area contributed by atoms with Gasteiger partial charge < -0.3 is 24.9 Å². The number of carbonyl (C=O) groups is 1. The number of ether oxygens (including phenoxy) is 1. The minimum atomic E-state index is -1.45. The van der Waals surface area contributed by atoms with Crippen molar-refractivity contribution in [2.24, 2.45) is 0 Å². The van der Waals surface area contributed by atoms with Crippen LogP contribution in [0.1, 0.15) is 0 Å². The lowest BCUT2D eigenvalue weighted by Gasteiger charge is -2.13. The van der Waals surface area contributed by atoms with Gasteiger partial charge in [-0.05, 0) is 0 Å². The summed E-state index contributed by atoms with van der Waals surface area (Å²) in [6.45, 7) is -0.694. The van der Waals surface area contributed by atoms with E-state index in [1.807, 2.05) is 0 Å². The van der Waals surface area contributed by atoms with Crippen LogP contribution in [0.3, 0.4) is 0 Å². The molecule has 0 fully saturated rings. The van der Waals surface area contributed by atoms with E-state index >= 15 is 0 Å². The third-order valence-corrected chi connectivity index (χ3v) is 1.55. The first-order valence-corrected chi connectivity index (χ1v) is 3.36. The van der Waals surface area contributed by atoms with Crippen molar-refractivity contribution in [3.63, 3.8) is 0 Å². The molecule has 1 heterocycles. The van der Waals surface area contributed by atoms with Gasteiger partial charge in [0.2, 0.25) is 0 Å². The van der Waals surface area contributed by atoms with Gasteiger partial charge >= 0.3 is 5.97 Å². The largest absolute Gasteiger partial charge is 0.505 e. The van der Waals surface area contributed by atoms with Crippen LogP contribution in [0, 0.1) is 0 Å². The maximum absolute atomic E-state index is 10.7. The highest BCUT2D eigenvalue weighted by molar-refractivity contribution is 5.89. The maximum atomic E-state index is 10.7. The van der Waals surface area contributed by atoms with Gasteiger partial charge in [0, 0.05) is 0 Å². The molecule has 7 nitrogen and oxygen atoms in total. The minimum Gasteiger partial charge on any atom is -0.505 e. The number of hydrogen-bond donors (Lipinski definition) is 4. The molecule has 0 spiro atoms. The van der Waals surface area contributed by atoms with Crippen LogP contribution in [0.4, 0.5) is 0 Å². The van der Waals surface area contributed by atoms with Crippen LogP contribution in [-0.4, -0.2) is 45.4 Å². The Hall–Kier alpha value is -1.31. The molecular weight excluding hydrogens is 184 g/mol. The van der Waals surface area contributed by atoms with E-state index in [0.717, 1.165) is 0 Å². The summed E-state index contributed by atoms with van der Waals surface area (Å²) in [5.41, 5.74) is 0. The van der Waals surface area contributed by atoms with Crippen molar-refractivity contribution in [2.75, 3.05) is 6.61 Å². The second-order valence-corrected chi connectivity index (χ2v) is 2.38. The summed E-state index contributed by atoms with van der Waals surface area (Å²) in [4.78, 5) is 14.3. The highest BCUT2D eigenvalue weighted by Gasteiger charge is 2.40. The smallest absolute Gasteiger partial charge is 0.382 e. The Morgan fingerprint density at radius 3 is 2.62 bits per heavy atom. The molecule has 0 radical (unpaired) electrons. The molecule has 74 valence electrons. The lowest BCUT2D eigenvalue weighted by atomic mass is 10.2. The fourth-order valence-corrected chi connectivity index (χ4v) is 0.899. The maximum Gasteiger partial charge on any atom is 0.382 e. The lowest BCUT2D eigenvalue weighted by molar-refractivity contribution is -0.210. The van der Waals surface area contributed by atoms with Crippen LogP contribution in [0.2, 0.25) is 0 Å². The molecule has 2 unspecified atom stereocenters. The molecule has 0 bridgehead atoms. The van der Waals surface area contributed by atoms with Gasteiger partial charge in [0.05, 0.1) is 6.61 Å². The first-order chi connectivity index (χ1) is 6.11. The molecule has 0 aromatic rings. The van der Waals surface area contributed by atoms with Crippen molar-refractivity contribution in [1.29, 1.82) is 0 Å². The van der Waals surface area contributed by atoms with Gasteiger partial charge in [0.15, 0.2) is 11.9 Å². The normalized spacial score (nSPS) is 24.5. The molecule has 0 aromatic carbocycles. The Balaban J connectivity index is 2.84. The number of rotatable bonds is 3. The standard InChI is InChI=1S/C6H8O7/c7-1-2(8)4-3(9)5(13-11)6(10)12-4/h2,4,7-9,11H,1H2. The van der Waals surface area contributed by atoms with E-state index in [9.17, 15) is 4.79 Å². The van der Waals surface area contributed by atoms with Gasteiger partial charge in [0.1, 0.15) is 6.10 Å². The van der Waals surface area contributed by atoms with E-state index in [2.05, 4.69) is 9.62 Å². The summed E-state index contributed by atoms with van der Waals surface area (Å²) in [7, 11) is 0. The van der Waals surface area contributed by atoms with Crippen molar-refractivity contribution in [1.82, 2.24) is 0 Å². The zero-order chi connectivity index (χ0) is 10.0. The summed E-state index contributed by atoms with van der Waals surface area (Å²) in [5.74, 6) is -2.62. The van der Waals surface area contributed by atoms with Crippen LogP contribution in [-0.2, 0) is 14.4 Å². The van der Waals surface area contributed by atoms with Crippen LogP contribution in [0.25, 0.3) is 0 Å². The Morgan fingerprint density at radius 1 is 1.62 bits per heavy atom. The molecule has 0 aliphatic carbocycles. The van der Waals surface area contributed by atoms with Crippen LogP contribution < -0.4 is 0 Å². The number of aliphatic hydroxyl groups is 3. The Labute approximate surface area is 72.4 Å². The second-order valence-electron chi connectivity index (χ2n) is 2.38. The van der Waals surface area contributed by atoms with E-state index in [-0.39, 0.29) is 0 Å². The molecule has 13 heavy (non-hydrogen) atoms. The van der Waals surface area contributed by atoms with E-state index in [1.54, 1.807) is 0 Å². The SMILES string of the molecule is O=C1OC(C(O)CO)C(O)=C1OO. The van der Waals surface area contributed by atoms with Gasteiger partial charge in [-0.3, -0.25) is 0 Å². The topological polar surface area (TPSA) is 116 Å². The number of carbonyl (C=O) groups excluding carboxylic acids is 1. The molecule has 2 atom stereocenters. The van der Waals surface area contributed by atoms with Gasteiger partial charge in [0.25, 0.3) is 5.76 Å². The summed E-state index contributed by atoms with van der Waals surface area (Å²) >= 11 is 0. The highest BCUT2D eigenvalue weighted by atomic mass is 17.1. The molecule has 4 N–H and O–H groups in total. The number of cyclic esters (lactones) is 1. The summed E-state index contributed by atoms with van der Waals surface area (Å²) < 4.78 is 4.37. The molecule has 0 aromatic heterocycles. The third-order valence-electron chi connectivity index (χ3n) is 1.55. The zero-order valence-electron chi connectivity index (χ0n) is 6.38. The number of esters is 1. The average Bonchev–Trinajstić information content (AvgIpc) is 2.40. The van der Waals surface area contributed by atoms with Crippen molar-refractivity contribution in [3.8, 4) is 0 Å². The molecule has 1 aliphatic heterocycles. The van der Waals surface area contributed by atoms with Crippen molar-refractivity contribution in [2.45, 2.75) is 12.2 Å². The molecule has 7 heteroatoms. The fourth-order valence-electron chi connectivity index (χ4n) is 0.899. The summed E-state index contributed by atoms with van der Waals surface area (Å²) in [5, 5.41) is 34.7. The van der Waals surface area contributed by atoms with E-state index in [1.165, 1.54) is 0 Å². The van der Waals surface area contributed by atoms with E-state index < -0.39 is 36.3 Å². The third kappa shape index (κ3) is 1.57. The molecule has 1 rings (SSSR count). The van der Waals surface area contributed by atoms with Gasteiger partial charge in [-0.2, -0.15) is 0 Å². The Kier molecular flexibility index (Phi) is 2.71. The summed E-state index contributed by atoms with van der Waals surface area (Å²) in [6, 6.07) is 0. The zero-order valence-corrected chi connectivity index (χ0v) is 6.38. The van der Waals surface area contributed by atoms with Crippen molar-refractivity contribution < 1.29 is 35.0 Å². The first kappa shape index (κ1) is 9.78. The fraction of sp³-hybridized carbons (Fsp3) is 0.500. The van der Waals surface area contributed by atoms with Crippen molar-refractivity contribution >= 4 is 5.97 Å². The number of hydrogen-bond acceptors (Lipinski definition) is 7.